The molecule has 0 bridgehead atoms. The Hall–Kier alpha value is -3.00. The number of nitrogens with one attached hydrogen (secondary N) is 1. The number of nitrogens with two attached hydrogens (primary N) is 1. The van der Waals surface area contributed by atoms with Crippen LogP contribution in [0.5, 0.6) is 0 Å². The Bertz CT molecular complexity index is 1360. The van der Waals surface area contributed by atoms with Gasteiger partial charge in [0.1, 0.15) is 16.8 Å². The molecule has 1 atom stereocenters. The molecule has 3 aliphatic rings. The van der Waals surface area contributed by atoms with E-state index in [1.54, 1.807) is 48.2 Å². The molecule has 35 heavy (non-hydrogen) atoms. The first kappa shape index (κ1) is 23.7. The first-order valence-electron chi connectivity index (χ1n) is 11.0. The molecule has 0 fully saturated rings. The van der Waals surface area contributed by atoms with Gasteiger partial charge in [-0.1, -0.05) is 34.8 Å². The van der Waals surface area contributed by atoms with Crippen molar-refractivity contribution in [2.75, 3.05) is 16.8 Å². The second-order valence-electron chi connectivity index (χ2n) is 8.44. The second kappa shape index (κ2) is 8.59. The number of amides is 1. The van der Waals surface area contributed by atoms with Crippen LogP contribution < -0.4 is 16.0 Å². The third-order valence-electron chi connectivity index (χ3n) is 6.46. The zero-order valence-electron chi connectivity index (χ0n) is 18.6. The van der Waals surface area contributed by atoms with Gasteiger partial charge in [-0.2, -0.15) is 0 Å². The normalized spacial score (nSPS) is 21.3. The fourth-order valence-corrected chi connectivity index (χ4v) is 5.93. The van der Waals surface area contributed by atoms with Gasteiger partial charge in [-0.25, -0.2) is 4.79 Å². The number of carbonyl (C=O) groups excluding carboxylic acids is 3. The number of hydrogen-bond donors (Lipinski definition) is 2. The lowest BCUT2D eigenvalue weighted by Gasteiger charge is -2.44. The molecule has 2 aromatic rings. The molecule has 180 valence electrons. The average Bonchev–Trinajstić information content (AvgIpc) is 3.05. The zero-order valence-corrected chi connectivity index (χ0v) is 20.9. The van der Waals surface area contributed by atoms with Crippen molar-refractivity contribution in [1.82, 2.24) is 0 Å². The van der Waals surface area contributed by atoms with Gasteiger partial charge in [0.2, 0.25) is 5.91 Å². The molecular formula is C25H20Cl3N3O4. The molecule has 0 aromatic heterocycles. The first-order valence-corrected chi connectivity index (χ1v) is 12.1. The van der Waals surface area contributed by atoms with Gasteiger partial charge in [-0.15, -0.1) is 0 Å². The van der Waals surface area contributed by atoms with Crippen molar-refractivity contribution >= 4 is 63.8 Å². The predicted molar refractivity (Wildman–Crippen MR) is 134 cm³/mol. The number of esters is 1. The number of carbonyl (C=O) groups is 3. The molecular weight excluding hydrogens is 513 g/mol. The van der Waals surface area contributed by atoms with Crippen molar-refractivity contribution < 1.29 is 19.1 Å². The number of Topliss-reactive ketones (excluding diaryl/α,β-unsaturated/α-hetero) is 1. The van der Waals surface area contributed by atoms with Crippen LogP contribution >= 0.6 is 34.8 Å². The number of fused-ring (bicyclic) bond motifs is 3. The van der Waals surface area contributed by atoms with Crippen molar-refractivity contribution in [2.45, 2.75) is 31.6 Å². The van der Waals surface area contributed by atoms with Crippen LogP contribution in [0.4, 0.5) is 11.4 Å². The smallest absolute Gasteiger partial charge is 0.339 e. The number of anilines is 2. The molecule has 0 saturated carbocycles. The summed E-state index contributed by atoms with van der Waals surface area (Å²) in [4.78, 5) is 42.5. The van der Waals surface area contributed by atoms with Crippen LogP contribution in [0.2, 0.25) is 15.1 Å². The van der Waals surface area contributed by atoms with E-state index >= 15 is 0 Å². The molecule has 10 heteroatoms. The minimum atomic E-state index is -1.80. The highest BCUT2D eigenvalue weighted by Crippen LogP contribution is 2.56. The van der Waals surface area contributed by atoms with Gasteiger partial charge in [-0.05, 0) is 56.2 Å². The number of ether oxygens (including phenoxy) is 1. The summed E-state index contributed by atoms with van der Waals surface area (Å²) in [7, 11) is 0. The average molecular weight is 533 g/mol. The van der Waals surface area contributed by atoms with Gasteiger partial charge in [0.25, 0.3) is 0 Å². The SMILES string of the molecule is CCOC(=O)C1=C(N)N(c2cc(Cl)cc(Cl)c2)C2=C(C(=O)CCC2)C12C(=O)Nc1ccc(Cl)cc12. The van der Waals surface area contributed by atoms with Gasteiger partial charge in [0, 0.05) is 44.0 Å². The van der Waals surface area contributed by atoms with E-state index in [1.807, 2.05) is 0 Å². The largest absolute Gasteiger partial charge is 0.462 e. The maximum absolute atomic E-state index is 13.8. The van der Waals surface area contributed by atoms with E-state index in [2.05, 4.69) is 5.32 Å². The standard InChI is InChI=1S/C25H20Cl3N3O4/c1-2-35-23(33)21-22(29)31(15-9-13(27)8-14(28)10-15)18-4-3-5-19(32)20(18)25(21)16-11-12(26)6-7-17(16)30-24(25)34/h6-11H,2-5,29H2,1H3,(H,30,34). The molecule has 3 N–H and O–H groups in total. The van der Waals surface area contributed by atoms with E-state index in [-0.39, 0.29) is 35.8 Å². The summed E-state index contributed by atoms with van der Waals surface area (Å²) in [6, 6.07) is 9.67. The highest BCUT2D eigenvalue weighted by atomic mass is 35.5. The summed E-state index contributed by atoms with van der Waals surface area (Å²) in [5.41, 5.74) is 6.73. The van der Waals surface area contributed by atoms with Gasteiger partial charge in [0.15, 0.2) is 5.78 Å². The third-order valence-corrected chi connectivity index (χ3v) is 7.13. The molecule has 2 aromatic carbocycles. The van der Waals surface area contributed by atoms with Gasteiger partial charge in [0.05, 0.1) is 12.3 Å². The van der Waals surface area contributed by atoms with E-state index in [9.17, 15) is 14.4 Å². The molecule has 7 nitrogen and oxygen atoms in total. The Morgan fingerprint density at radius 2 is 1.80 bits per heavy atom. The Morgan fingerprint density at radius 3 is 2.49 bits per heavy atom. The van der Waals surface area contributed by atoms with Crippen molar-refractivity contribution in [3.8, 4) is 0 Å². The van der Waals surface area contributed by atoms with Crippen LogP contribution in [0.3, 0.4) is 0 Å². The van der Waals surface area contributed by atoms with Crippen LogP contribution in [0.25, 0.3) is 0 Å². The number of rotatable bonds is 3. The van der Waals surface area contributed by atoms with Crippen molar-refractivity contribution in [3.05, 3.63) is 79.7 Å². The molecule has 0 radical (unpaired) electrons. The summed E-state index contributed by atoms with van der Waals surface area (Å²) in [5, 5.41) is 3.85. The maximum Gasteiger partial charge on any atom is 0.339 e. The Balaban J connectivity index is 1.91. The summed E-state index contributed by atoms with van der Waals surface area (Å²) < 4.78 is 5.38. The fourth-order valence-electron chi connectivity index (χ4n) is 5.25. The van der Waals surface area contributed by atoms with E-state index in [4.69, 9.17) is 45.3 Å². The molecule has 1 aliphatic carbocycles. The van der Waals surface area contributed by atoms with Crippen LogP contribution in [0.15, 0.2) is 59.1 Å². The zero-order chi connectivity index (χ0) is 25.1. The molecule has 1 amide bonds. The number of halogens is 3. The van der Waals surface area contributed by atoms with Crippen LogP contribution in [0, 0.1) is 0 Å². The van der Waals surface area contributed by atoms with E-state index in [0.29, 0.717) is 50.5 Å². The Morgan fingerprint density at radius 1 is 1.09 bits per heavy atom. The molecule has 2 heterocycles. The van der Waals surface area contributed by atoms with Gasteiger partial charge in [-0.3, -0.25) is 14.5 Å². The highest BCUT2D eigenvalue weighted by Gasteiger charge is 2.62. The molecule has 2 aliphatic heterocycles. The quantitative estimate of drug-likeness (QED) is 0.534. The maximum atomic E-state index is 13.8. The highest BCUT2D eigenvalue weighted by molar-refractivity contribution is 6.35. The number of ketones is 1. The fraction of sp³-hybridized carbons (Fsp3) is 0.240. The molecule has 5 rings (SSSR count). The number of nitrogens with zero attached hydrogens (tertiary/aromatic N) is 1. The van der Waals surface area contributed by atoms with Crippen LogP contribution in [-0.4, -0.2) is 24.3 Å². The van der Waals surface area contributed by atoms with E-state index in [1.165, 1.54) is 0 Å². The first-order chi connectivity index (χ1) is 16.7. The van der Waals surface area contributed by atoms with Crippen molar-refractivity contribution in [2.24, 2.45) is 5.73 Å². The molecule has 1 unspecified atom stereocenters. The van der Waals surface area contributed by atoms with Crippen molar-refractivity contribution in [1.29, 1.82) is 0 Å². The summed E-state index contributed by atoms with van der Waals surface area (Å²) in [5.74, 6) is -1.68. The Labute approximate surface area is 216 Å². The van der Waals surface area contributed by atoms with Crippen molar-refractivity contribution in [3.63, 3.8) is 0 Å². The predicted octanol–water partition coefficient (Wildman–Crippen LogP) is 5.10. The molecule has 0 saturated heterocycles. The number of allylic oxidation sites excluding steroid dienone is 1. The summed E-state index contributed by atoms with van der Waals surface area (Å²) in [6.07, 6.45) is 1.20. The lowest BCUT2D eigenvalue weighted by atomic mass is 9.63. The van der Waals surface area contributed by atoms with Crippen LogP contribution in [0.1, 0.15) is 31.7 Å². The second-order valence-corrected chi connectivity index (χ2v) is 9.75. The third kappa shape index (κ3) is 3.44. The lowest BCUT2D eigenvalue weighted by Crippen LogP contribution is -2.53. The number of benzene rings is 2. The summed E-state index contributed by atoms with van der Waals surface area (Å²) >= 11 is 18.9. The van der Waals surface area contributed by atoms with Crippen LogP contribution in [-0.2, 0) is 24.5 Å². The molecule has 1 spiro atoms. The Kier molecular flexibility index (Phi) is 5.82. The van der Waals surface area contributed by atoms with Gasteiger partial charge >= 0.3 is 5.97 Å². The lowest BCUT2D eigenvalue weighted by molar-refractivity contribution is -0.140. The summed E-state index contributed by atoms with van der Waals surface area (Å²) in [6.45, 7) is 1.69. The van der Waals surface area contributed by atoms with E-state index < -0.39 is 17.3 Å². The topological polar surface area (TPSA) is 102 Å². The minimum absolute atomic E-state index is 0.0402. The monoisotopic (exact) mass is 531 g/mol. The minimum Gasteiger partial charge on any atom is -0.462 e. The van der Waals surface area contributed by atoms with Gasteiger partial charge < -0.3 is 15.8 Å². The number of hydrogen-bond acceptors (Lipinski definition) is 6. The van der Waals surface area contributed by atoms with E-state index in [0.717, 1.165) is 0 Å².